The first-order chi connectivity index (χ1) is 7.91. The van der Waals surface area contributed by atoms with Gasteiger partial charge in [0.15, 0.2) is 0 Å². The molecule has 0 heterocycles. The molecule has 0 aromatic rings. The van der Waals surface area contributed by atoms with E-state index in [1.807, 2.05) is 0 Å². The summed E-state index contributed by atoms with van der Waals surface area (Å²) in [7, 11) is -11.7. The fourth-order valence-electron chi connectivity index (χ4n) is 0. The Bertz CT molecular complexity index is 391. The first-order valence-corrected chi connectivity index (χ1v) is 7.01. The number of hydrogen-bond donors (Lipinski definition) is 2. The SMILES string of the molecule is O=S(=O)(O)C(F)(F)F.O=S(=O)(O)C(F)(F)F.[F][Ti][F]. The molecule has 19 heavy (non-hydrogen) atoms. The van der Waals surface area contributed by atoms with E-state index in [0.29, 0.717) is 0 Å². The topological polar surface area (TPSA) is 109 Å². The van der Waals surface area contributed by atoms with Crippen LogP contribution >= 0.6 is 0 Å². The molecule has 6 nitrogen and oxygen atoms in total. The van der Waals surface area contributed by atoms with Crippen molar-refractivity contribution >= 4 is 20.2 Å². The van der Waals surface area contributed by atoms with Crippen LogP contribution in [0.25, 0.3) is 0 Å². The van der Waals surface area contributed by atoms with Gasteiger partial charge in [-0.3, -0.25) is 9.11 Å². The maximum absolute atomic E-state index is 10.7. The summed E-state index contributed by atoms with van der Waals surface area (Å²) >= 11 is -2.50. The summed E-state index contributed by atoms with van der Waals surface area (Å²) in [6, 6.07) is 0. The van der Waals surface area contributed by atoms with Crippen LogP contribution in [-0.2, 0) is 40.5 Å². The number of halogens is 8. The molecule has 0 saturated carbocycles. The third-order valence-electron chi connectivity index (χ3n) is 0.585. The molecule has 0 atom stereocenters. The van der Waals surface area contributed by atoms with Crippen LogP contribution in [-0.4, -0.2) is 37.0 Å². The van der Waals surface area contributed by atoms with Gasteiger partial charge in [-0.25, -0.2) is 0 Å². The van der Waals surface area contributed by atoms with E-state index in [-0.39, 0.29) is 0 Å². The van der Waals surface area contributed by atoms with Gasteiger partial charge in [-0.2, -0.15) is 43.2 Å². The van der Waals surface area contributed by atoms with Crippen LogP contribution < -0.4 is 0 Å². The van der Waals surface area contributed by atoms with Gasteiger partial charge in [0.25, 0.3) is 0 Å². The molecule has 0 aliphatic rings. The molecule has 0 amide bonds. The zero-order valence-electron chi connectivity index (χ0n) is 7.87. The average Bonchev–Trinajstić information content (AvgIpc) is 1.97. The van der Waals surface area contributed by atoms with Crippen molar-refractivity contribution in [2.45, 2.75) is 11.0 Å². The van der Waals surface area contributed by atoms with Crippen LogP contribution in [0.1, 0.15) is 0 Å². The Morgan fingerprint density at radius 3 is 0.737 bits per heavy atom. The fourth-order valence-corrected chi connectivity index (χ4v) is 0. The van der Waals surface area contributed by atoms with E-state index in [1.54, 1.807) is 0 Å². The van der Waals surface area contributed by atoms with Gasteiger partial charge < -0.3 is 0 Å². The van der Waals surface area contributed by atoms with Crippen molar-refractivity contribution in [3.8, 4) is 0 Å². The van der Waals surface area contributed by atoms with Crippen molar-refractivity contribution in [2.75, 3.05) is 0 Å². The van der Waals surface area contributed by atoms with Crippen LogP contribution in [0, 0.1) is 0 Å². The number of alkyl halides is 6. The van der Waals surface area contributed by atoms with Crippen molar-refractivity contribution in [1.82, 2.24) is 0 Å². The Balaban J connectivity index is -0.000000224. The van der Waals surface area contributed by atoms with Gasteiger partial charge in [-0.1, -0.05) is 0 Å². The Hall–Kier alpha value is -0.0257. The van der Waals surface area contributed by atoms with E-state index in [1.165, 1.54) is 0 Å². The first kappa shape index (κ1) is 24.0. The van der Waals surface area contributed by atoms with Crippen molar-refractivity contribution in [3.63, 3.8) is 0 Å². The van der Waals surface area contributed by atoms with Crippen LogP contribution in [0.15, 0.2) is 0 Å². The summed E-state index contributed by atoms with van der Waals surface area (Å²) in [6.45, 7) is 0. The zero-order valence-corrected chi connectivity index (χ0v) is 11.1. The number of hydrogen-bond acceptors (Lipinski definition) is 4. The van der Waals surface area contributed by atoms with Gasteiger partial charge >= 0.3 is 57.7 Å². The van der Waals surface area contributed by atoms with Crippen LogP contribution in [0.3, 0.4) is 0 Å². The van der Waals surface area contributed by atoms with E-state index in [0.717, 1.165) is 0 Å². The van der Waals surface area contributed by atoms with Crippen LogP contribution in [0.5, 0.6) is 0 Å². The molecule has 0 aromatic heterocycles. The Labute approximate surface area is 110 Å². The Morgan fingerprint density at radius 1 is 0.684 bits per heavy atom. The maximum atomic E-state index is 10.7. The van der Waals surface area contributed by atoms with E-state index in [4.69, 9.17) is 25.9 Å². The second-order valence-corrected chi connectivity index (χ2v) is 4.96. The predicted octanol–water partition coefficient (Wildman–Crippen LogP) is 1.63. The molecular formula is C2H2F8O6S2Ti. The molecule has 0 spiro atoms. The quantitative estimate of drug-likeness (QED) is 0.284. The zero-order chi connectivity index (χ0) is 16.7. The van der Waals surface area contributed by atoms with Gasteiger partial charge in [0, 0.05) is 0 Å². The summed E-state index contributed by atoms with van der Waals surface area (Å²) in [6.07, 6.45) is 0. The monoisotopic (exact) mass is 386 g/mol. The van der Waals surface area contributed by atoms with Crippen LogP contribution in [0.4, 0.5) is 32.5 Å². The third-order valence-corrected chi connectivity index (χ3v) is 1.75. The second kappa shape index (κ2) is 8.30. The van der Waals surface area contributed by atoms with E-state index in [9.17, 15) is 32.5 Å². The summed E-state index contributed by atoms with van der Waals surface area (Å²) in [5, 5.41) is 0. The van der Waals surface area contributed by atoms with Gasteiger partial charge in [0.05, 0.1) is 0 Å². The molecule has 0 aliphatic heterocycles. The normalized spacial score (nSPS) is 12.5. The van der Waals surface area contributed by atoms with E-state index < -0.39 is 51.5 Å². The molecule has 0 radical (unpaired) electrons. The van der Waals surface area contributed by atoms with Gasteiger partial charge in [0.2, 0.25) is 0 Å². The van der Waals surface area contributed by atoms with Crippen molar-refractivity contribution in [2.24, 2.45) is 0 Å². The molecule has 0 fully saturated rings. The molecule has 118 valence electrons. The molecule has 0 saturated heterocycles. The average molecular weight is 386 g/mol. The molecule has 0 aromatic carbocycles. The minimum absolute atomic E-state index is 2.50. The summed E-state index contributed by atoms with van der Waals surface area (Å²) < 4.78 is 135. The standard InChI is InChI=1S/2CHF3O3S.2FH.Ti/c2*2-1(3,4)8(5,6)7;;;/h2*(H,5,6,7);2*1H;/q;;;;+2/p-2. The summed E-state index contributed by atoms with van der Waals surface area (Å²) in [5.41, 5.74) is -11.1. The first-order valence-electron chi connectivity index (χ1n) is 2.95. The Kier molecular flexibility index (Phi) is 10.5. The molecule has 2 N–H and O–H groups in total. The predicted molar refractivity (Wildman–Crippen MR) is 37.4 cm³/mol. The van der Waals surface area contributed by atoms with E-state index in [2.05, 4.69) is 0 Å². The minimum atomic E-state index is -5.84. The van der Waals surface area contributed by atoms with E-state index >= 15 is 0 Å². The van der Waals surface area contributed by atoms with Crippen molar-refractivity contribution in [3.05, 3.63) is 0 Å². The van der Waals surface area contributed by atoms with Crippen LogP contribution in [0.2, 0.25) is 0 Å². The van der Waals surface area contributed by atoms with Gasteiger partial charge in [0.1, 0.15) is 0 Å². The molecule has 0 bridgehead atoms. The molecule has 0 aliphatic carbocycles. The molecule has 17 heteroatoms. The van der Waals surface area contributed by atoms with Crippen molar-refractivity contribution in [1.29, 1.82) is 0 Å². The third kappa shape index (κ3) is 14.2. The van der Waals surface area contributed by atoms with Crippen molar-refractivity contribution < 1.29 is 78.7 Å². The molecular weight excluding hydrogens is 384 g/mol. The van der Waals surface area contributed by atoms with Gasteiger partial charge in [-0.15, -0.1) is 0 Å². The fraction of sp³-hybridized carbons (Fsp3) is 1.00. The summed E-state index contributed by atoms with van der Waals surface area (Å²) in [4.78, 5) is 0. The number of rotatable bonds is 0. The van der Waals surface area contributed by atoms with Gasteiger partial charge in [-0.05, 0) is 0 Å². The second-order valence-electron chi connectivity index (χ2n) is 1.91. The summed E-state index contributed by atoms with van der Waals surface area (Å²) in [5.74, 6) is 0. The molecule has 0 unspecified atom stereocenters. The Morgan fingerprint density at radius 2 is 0.737 bits per heavy atom. The molecule has 0 rings (SSSR count).